The molecule has 0 radical (unpaired) electrons. The molecule has 0 aliphatic heterocycles. The fraction of sp³-hybridized carbons (Fsp3) is 0.286. The van der Waals surface area contributed by atoms with Crippen LogP contribution in [0, 0.1) is 6.92 Å². The van der Waals surface area contributed by atoms with Gasteiger partial charge in [-0.25, -0.2) is 9.78 Å². The molecule has 0 fully saturated rings. The summed E-state index contributed by atoms with van der Waals surface area (Å²) in [4.78, 5) is 16.8. The molecular weight excluding hydrogens is 288 g/mol. The lowest BCUT2D eigenvalue weighted by Crippen LogP contribution is -2.34. The molecule has 0 saturated carbocycles. The van der Waals surface area contributed by atoms with Gasteiger partial charge in [-0.05, 0) is 31.7 Å². The molecule has 0 unspecified atom stereocenters. The highest BCUT2D eigenvalue weighted by Gasteiger charge is 2.12. The summed E-state index contributed by atoms with van der Waals surface area (Å²) >= 11 is 1.34. The maximum Gasteiger partial charge on any atom is 0.321 e. The van der Waals surface area contributed by atoms with Crippen molar-refractivity contribution in [2.24, 2.45) is 5.73 Å². The lowest BCUT2D eigenvalue weighted by molar-refractivity contribution is 0.190. The molecule has 0 aliphatic carbocycles. The molecule has 1 aromatic heterocycles. The van der Waals surface area contributed by atoms with Gasteiger partial charge in [0.1, 0.15) is 0 Å². The van der Waals surface area contributed by atoms with Crippen LogP contribution in [0.5, 0.6) is 0 Å². The molecule has 7 heteroatoms. The number of rotatable bonds is 6. The molecule has 0 bridgehead atoms. The lowest BCUT2D eigenvalue weighted by atomic mass is 10.2. The highest BCUT2D eigenvalue weighted by molar-refractivity contribution is 7.17. The Morgan fingerprint density at radius 2 is 2.33 bits per heavy atom. The summed E-state index contributed by atoms with van der Waals surface area (Å²) in [5.74, 6) is 0. The van der Waals surface area contributed by atoms with E-state index in [-0.39, 0.29) is 6.54 Å². The largest absolute Gasteiger partial charge is 0.405 e. The number of nitrogens with one attached hydrogen (secondary N) is 2. The predicted octanol–water partition coefficient (Wildman–Crippen LogP) is 2.00. The molecule has 6 nitrogen and oxygen atoms in total. The first-order valence-electron chi connectivity index (χ1n) is 6.39. The lowest BCUT2D eigenvalue weighted by Gasteiger charge is -2.06. The van der Waals surface area contributed by atoms with Crippen LogP contribution in [0.1, 0.15) is 17.5 Å². The molecular formula is C14H20N4O2S. The summed E-state index contributed by atoms with van der Waals surface area (Å²) in [5, 5.41) is 14.8. The summed E-state index contributed by atoms with van der Waals surface area (Å²) in [6.45, 7) is 7.29. The molecule has 0 spiro atoms. The number of carbonyl (C=O) groups is 1. The van der Waals surface area contributed by atoms with Gasteiger partial charge < -0.3 is 16.2 Å². The van der Waals surface area contributed by atoms with Crippen LogP contribution in [-0.4, -0.2) is 28.8 Å². The highest BCUT2D eigenvalue weighted by Crippen LogP contribution is 2.29. The van der Waals surface area contributed by atoms with Crippen molar-refractivity contribution >= 4 is 28.1 Å². The fourth-order valence-corrected chi connectivity index (χ4v) is 2.50. The Kier molecular flexibility index (Phi) is 6.64. The number of hydrogen-bond donors (Lipinski definition) is 4. The number of thiazole rings is 1. The quantitative estimate of drug-likeness (QED) is 0.604. The monoisotopic (exact) mass is 308 g/mol. The number of nitrogens with zero attached hydrogens (tertiary/aromatic N) is 1. The third-order valence-corrected chi connectivity index (χ3v) is 3.53. The molecule has 21 heavy (non-hydrogen) atoms. The van der Waals surface area contributed by atoms with E-state index in [4.69, 9.17) is 10.8 Å². The highest BCUT2D eigenvalue weighted by atomic mass is 32.1. The molecule has 1 rings (SSSR count). The summed E-state index contributed by atoms with van der Waals surface area (Å²) in [6.07, 6.45) is 6.08. The summed E-state index contributed by atoms with van der Waals surface area (Å²) in [6, 6.07) is -0.403. The van der Waals surface area contributed by atoms with Crippen molar-refractivity contribution in [3.63, 3.8) is 0 Å². The van der Waals surface area contributed by atoms with Gasteiger partial charge in [-0.3, -0.25) is 5.32 Å². The third kappa shape index (κ3) is 5.41. The first-order chi connectivity index (χ1) is 9.97. The van der Waals surface area contributed by atoms with E-state index >= 15 is 0 Å². The van der Waals surface area contributed by atoms with Gasteiger partial charge in [0.15, 0.2) is 5.13 Å². The van der Waals surface area contributed by atoms with E-state index in [1.165, 1.54) is 17.5 Å². The van der Waals surface area contributed by atoms with E-state index < -0.39 is 12.1 Å². The van der Waals surface area contributed by atoms with E-state index in [9.17, 15) is 4.79 Å². The Morgan fingerprint density at radius 3 is 2.90 bits per heavy atom. The number of amides is 2. The second kappa shape index (κ2) is 8.23. The van der Waals surface area contributed by atoms with Crippen LogP contribution >= 0.6 is 11.3 Å². The van der Waals surface area contributed by atoms with Crippen LogP contribution < -0.4 is 16.4 Å². The molecule has 1 atom stereocenters. The number of urea groups is 1. The van der Waals surface area contributed by atoms with Crippen LogP contribution in [-0.2, 0) is 0 Å². The van der Waals surface area contributed by atoms with Gasteiger partial charge in [0, 0.05) is 6.54 Å². The maximum atomic E-state index is 11.6. The Morgan fingerprint density at radius 1 is 1.62 bits per heavy atom. The van der Waals surface area contributed by atoms with Crippen molar-refractivity contribution in [3.8, 4) is 0 Å². The zero-order valence-corrected chi connectivity index (χ0v) is 12.9. The van der Waals surface area contributed by atoms with Gasteiger partial charge >= 0.3 is 6.03 Å². The second-order valence-electron chi connectivity index (χ2n) is 4.33. The Balaban J connectivity index is 2.84. The number of aryl methyl sites for hydroxylation is 1. The van der Waals surface area contributed by atoms with Crippen molar-refractivity contribution in [3.05, 3.63) is 41.6 Å². The molecule has 0 aromatic carbocycles. The molecule has 0 saturated heterocycles. The van der Waals surface area contributed by atoms with Crippen LogP contribution in [0.4, 0.5) is 9.93 Å². The van der Waals surface area contributed by atoms with Crippen LogP contribution in [0.25, 0.3) is 5.57 Å². The van der Waals surface area contributed by atoms with Crippen molar-refractivity contribution in [1.82, 2.24) is 10.3 Å². The topological polar surface area (TPSA) is 100 Å². The normalized spacial score (nSPS) is 13.2. The standard InChI is InChI=1S/C14H20N4O2S/c1-4-5-11(6-7-15)12-10(3)17-14(21-12)18-13(20)16-8-9(2)19/h4-7,9,19H,1,8,15H2,2-3H3,(H2,16,17,18,20)/b7-6-,11-5+/t9-/m0/s1. The van der Waals surface area contributed by atoms with E-state index in [0.29, 0.717) is 5.13 Å². The van der Waals surface area contributed by atoms with E-state index in [1.54, 1.807) is 19.1 Å². The number of carbonyl (C=O) groups excluding carboxylic acids is 1. The van der Waals surface area contributed by atoms with Gasteiger partial charge in [-0.2, -0.15) is 0 Å². The zero-order chi connectivity index (χ0) is 15.8. The molecule has 114 valence electrons. The first-order valence-corrected chi connectivity index (χ1v) is 7.21. The van der Waals surface area contributed by atoms with Crippen molar-refractivity contribution < 1.29 is 9.90 Å². The van der Waals surface area contributed by atoms with Crippen molar-refractivity contribution in [1.29, 1.82) is 0 Å². The molecule has 5 N–H and O–H groups in total. The molecule has 2 amide bonds. The van der Waals surface area contributed by atoms with Gasteiger partial charge in [-0.15, -0.1) is 0 Å². The minimum Gasteiger partial charge on any atom is -0.405 e. The van der Waals surface area contributed by atoms with Gasteiger partial charge in [-0.1, -0.05) is 30.1 Å². The Bertz CT molecular complexity index is 561. The number of aliphatic hydroxyl groups excluding tert-OH is 1. The number of nitrogens with two attached hydrogens (primary N) is 1. The predicted molar refractivity (Wildman–Crippen MR) is 87.1 cm³/mol. The first kappa shape index (κ1) is 16.9. The number of anilines is 1. The third-order valence-electron chi connectivity index (χ3n) is 2.41. The average molecular weight is 308 g/mol. The van der Waals surface area contributed by atoms with Gasteiger partial charge in [0.25, 0.3) is 0 Å². The number of aromatic nitrogens is 1. The molecule has 0 aliphatic rings. The summed E-state index contributed by atoms with van der Waals surface area (Å²) in [7, 11) is 0. The van der Waals surface area contributed by atoms with Crippen molar-refractivity contribution in [2.75, 3.05) is 11.9 Å². The Labute approximate surface area is 128 Å². The van der Waals surface area contributed by atoms with Gasteiger partial charge in [0.05, 0.1) is 16.7 Å². The van der Waals surface area contributed by atoms with E-state index in [1.807, 2.05) is 13.0 Å². The maximum absolute atomic E-state index is 11.6. The van der Waals surface area contributed by atoms with E-state index in [0.717, 1.165) is 16.1 Å². The SMILES string of the molecule is C=C/C=C(\C=C/N)c1sc(NC(=O)NC[C@H](C)O)nc1C. The molecule has 1 aromatic rings. The zero-order valence-electron chi connectivity index (χ0n) is 12.1. The number of hydrogen-bond acceptors (Lipinski definition) is 5. The minimum atomic E-state index is -0.596. The van der Waals surface area contributed by atoms with E-state index in [2.05, 4.69) is 22.2 Å². The van der Waals surface area contributed by atoms with Crippen LogP contribution in [0.15, 0.2) is 31.0 Å². The number of allylic oxidation sites excluding steroid dienone is 4. The van der Waals surface area contributed by atoms with Crippen LogP contribution in [0.2, 0.25) is 0 Å². The fourth-order valence-electron chi connectivity index (χ4n) is 1.54. The van der Waals surface area contributed by atoms with Crippen LogP contribution in [0.3, 0.4) is 0 Å². The Hall–Kier alpha value is -2.12. The second-order valence-corrected chi connectivity index (χ2v) is 5.33. The average Bonchev–Trinajstić information content (AvgIpc) is 2.77. The van der Waals surface area contributed by atoms with Crippen molar-refractivity contribution in [2.45, 2.75) is 20.0 Å². The number of aliphatic hydroxyl groups is 1. The molecule has 1 heterocycles. The summed E-state index contributed by atoms with van der Waals surface area (Å²) < 4.78 is 0. The van der Waals surface area contributed by atoms with Gasteiger partial charge in [0.2, 0.25) is 0 Å². The smallest absolute Gasteiger partial charge is 0.321 e. The summed E-state index contributed by atoms with van der Waals surface area (Å²) in [5.41, 5.74) is 7.09. The minimum absolute atomic E-state index is 0.181.